The molecule has 0 saturated heterocycles. The number of aromatic amines is 1. The number of aryl methyl sites for hydroxylation is 2. The smallest absolute Gasteiger partial charge is 0.246 e. The molecule has 1 saturated carbocycles. The summed E-state index contributed by atoms with van der Waals surface area (Å²) < 4.78 is 17.2. The van der Waals surface area contributed by atoms with Crippen LogP contribution in [0.1, 0.15) is 95.0 Å². The Hall–Kier alpha value is -6.54. The van der Waals surface area contributed by atoms with Crippen molar-refractivity contribution in [1.29, 1.82) is 0 Å². The molecule has 8 rings (SSSR count). The SMILES string of the molecule is CC1=NN=C2C(CC(=O)Cc3ccc(OCCOCCOCC(=O)NC(C(=O)C4CC(O)C[C@H]4C(=O)NCc4ccc(-c5[nH]ccc5C)cc4)C(C)(C)C)cc3)C=C(c3ccc(C)cc3)C3=C(CC(C)=C3C)C12. The summed E-state index contributed by atoms with van der Waals surface area (Å²) in [5, 5.41) is 25.7. The summed E-state index contributed by atoms with van der Waals surface area (Å²) in [4.78, 5) is 57.7. The molecule has 1 aromatic heterocycles. The second-order valence-electron chi connectivity index (χ2n) is 21.4. The summed E-state index contributed by atoms with van der Waals surface area (Å²) in [6.45, 7) is 17.1. The zero-order valence-corrected chi connectivity index (χ0v) is 43.6. The topological polar surface area (TPSA) is 181 Å². The average Bonchev–Trinajstić information content (AvgIpc) is 4.13. The van der Waals surface area contributed by atoms with Gasteiger partial charge in [-0.15, -0.1) is 0 Å². The number of aliphatic hydroxyl groups is 1. The van der Waals surface area contributed by atoms with Gasteiger partial charge in [0.25, 0.3) is 0 Å². The predicted octanol–water partition coefficient (Wildman–Crippen LogP) is 9.21. The van der Waals surface area contributed by atoms with Gasteiger partial charge in [0.05, 0.1) is 55.2 Å². The van der Waals surface area contributed by atoms with E-state index in [1.807, 2.05) is 95.4 Å². The van der Waals surface area contributed by atoms with Crippen LogP contribution in [-0.2, 0) is 41.6 Å². The summed E-state index contributed by atoms with van der Waals surface area (Å²) in [7, 11) is 0. The average molecular weight is 990 g/mol. The Kier molecular flexibility index (Phi) is 16.7. The van der Waals surface area contributed by atoms with E-state index < -0.39 is 35.3 Å². The molecule has 0 radical (unpaired) electrons. The van der Waals surface area contributed by atoms with E-state index in [-0.39, 0.29) is 74.9 Å². The molecule has 73 heavy (non-hydrogen) atoms. The van der Waals surface area contributed by atoms with Gasteiger partial charge in [-0.3, -0.25) is 19.2 Å². The monoisotopic (exact) mass is 990 g/mol. The van der Waals surface area contributed by atoms with Gasteiger partial charge in [-0.1, -0.05) is 98.6 Å². The van der Waals surface area contributed by atoms with E-state index in [1.54, 1.807) is 0 Å². The molecule has 3 aliphatic carbocycles. The van der Waals surface area contributed by atoms with Crippen LogP contribution < -0.4 is 15.4 Å². The van der Waals surface area contributed by atoms with Crippen LogP contribution in [-0.4, -0.2) is 90.1 Å². The third-order valence-corrected chi connectivity index (χ3v) is 14.8. The highest BCUT2D eigenvalue weighted by atomic mass is 16.5. The first-order valence-electron chi connectivity index (χ1n) is 25.7. The maximum absolute atomic E-state index is 14.1. The zero-order valence-electron chi connectivity index (χ0n) is 43.6. The lowest BCUT2D eigenvalue weighted by molar-refractivity contribution is -0.138. The van der Waals surface area contributed by atoms with E-state index in [0.717, 1.165) is 51.4 Å². The molecular weight excluding hydrogens is 919 g/mol. The van der Waals surface area contributed by atoms with Crippen molar-refractivity contribution in [2.75, 3.05) is 33.0 Å². The number of ether oxygens (including phenoxy) is 3. The van der Waals surface area contributed by atoms with Gasteiger partial charge in [0, 0.05) is 43.1 Å². The second kappa shape index (κ2) is 23.1. The number of fused-ring (bicyclic) bond motifs is 2. The maximum Gasteiger partial charge on any atom is 0.246 e. The van der Waals surface area contributed by atoms with Crippen LogP contribution in [0.5, 0.6) is 5.75 Å². The Morgan fingerprint density at radius 2 is 1.47 bits per heavy atom. The molecule has 6 atom stereocenters. The fourth-order valence-electron chi connectivity index (χ4n) is 10.7. The van der Waals surface area contributed by atoms with Gasteiger partial charge in [-0.25, -0.2) is 0 Å². The van der Waals surface area contributed by atoms with E-state index >= 15 is 0 Å². The highest BCUT2D eigenvalue weighted by Crippen LogP contribution is 2.48. The number of hydrogen-bond acceptors (Lipinski definition) is 10. The quantitative estimate of drug-likeness (QED) is 0.0597. The van der Waals surface area contributed by atoms with Crippen molar-refractivity contribution in [1.82, 2.24) is 15.6 Å². The molecule has 4 N–H and O–H groups in total. The van der Waals surface area contributed by atoms with Gasteiger partial charge in [0.2, 0.25) is 11.8 Å². The molecule has 0 bridgehead atoms. The Balaban J connectivity index is 0.748. The van der Waals surface area contributed by atoms with Crippen LogP contribution in [0.25, 0.3) is 16.8 Å². The molecule has 3 aromatic carbocycles. The van der Waals surface area contributed by atoms with Crippen LogP contribution in [0.15, 0.2) is 124 Å². The molecule has 13 heteroatoms. The number of Topliss-reactive ketones (excluding diaryl/α,β-unsaturated/α-hetero) is 2. The number of allylic oxidation sites excluding steroid dienone is 6. The molecule has 384 valence electrons. The number of aromatic nitrogens is 1. The third-order valence-electron chi connectivity index (χ3n) is 14.8. The van der Waals surface area contributed by atoms with Crippen LogP contribution in [0.3, 0.4) is 0 Å². The van der Waals surface area contributed by atoms with E-state index in [2.05, 4.69) is 71.8 Å². The Morgan fingerprint density at radius 1 is 0.795 bits per heavy atom. The minimum absolute atomic E-state index is 0.00247. The number of rotatable bonds is 21. The van der Waals surface area contributed by atoms with E-state index in [9.17, 15) is 24.3 Å². The predicted molar refractivity (Wildman–Crippen MR) is 285 cm³/mol. The molecule has 2 amide bonds. The standard InChI is InChI=1S/C60H71N5O8/c1-35-9-15-42(16-10-35)48-30-44(56-54(39(5)64-65-56)51-27-37(3)38(4)53(48)51)29-45(66)28-40-13-19-47(20-14-40)73-26-25-71-23-24-72-34-52(68)63-58(60(6,7)8)57(69)49-31-46(67)32-50(49)59(70)62-33-41-11-17-43(18-12-41)55-36(2)21-22-61-55/h9-22,30,44,46,49-50,54,58,61,67H,23-29,31-34H2,1-8H3,(H,62,70)(H,63,68)/t44?,46?,49?,50-,54?,58?/m1/s1. The van der Waals surface area contributed by atoms with Crippen LogP contribution in [0.2, 0.25) is 0 Å². The lowest BCUT2D eigenvalue weighted by atomic mass is 9.77. The molecule has 0 spiro atoms. The normalized spacial score (nSPS) is 20.9. The molecule has 2 heterocycles. The Labute approximate surface area is 429 Å². The fraction of sp³-hybridized carbons (Fsp3) is 0.433. The van der Waals surface area contributed by atoms with Crippen molar-refractivity contribution in [3.8, 4) is 17.0 Å². The maximum atomic E-state index is 14.1. The van der Waals surface area contributed by atoms with Crippen molar-refractivity contribution in [2.45, 2.75) is 106 Å². The van der Waals surface area contributed by atoms with Crippen molar-refractivity contribution in [3.05, 3.63) is 141 Å². The number of nitrogens with zero attached hydrogens (tertiary/aromatic N) is 2. The fourth-order valence-corrected chi connectivity index (χ4v) is 10.7. The van der Waals surface area contributed by atoms with Crippen LogP contribution in [0, 0.1) is 42.9 Å². The highest BCUT2D eigenvalue weighted by Gasteiger charge is 2.47. The van der Waals surface area contributed by atoms with Gasteiger partial charge in [0.1, 0.15) is 24.7 Å². The third kappa shape index (κ3) is 12.6. The number of carbonyl (C=O) groups excluding carboxylic acids is 4. The summed E-state index contributed by atoms with van der Waals surface area (Å²) in [5.41, 5.74) is 15.1. The lowest BCUT2D eigenvalue weighted by Crippen LogP contribution is -2.53. The summed E-state index contributed by atoms with van der Waals surface area (Å²) in [6, 6.07) is 25.2. The van der Waals surface area contributed by atoms with Gasteiger partial charge in [0.15, 0.2) is 5.78 Å². The molecule has 1 fully saturated rings. The zero-order chi connectivity index (χ0) is 52.0. The molecular formula is C60H71N5O8. The number of aliphatic hydroxyl groups excluding tert-OH is 1. The van der Waals surface area contributed by atoms with Crippen molar-refractivity contribution in [2.24, 2.45) is 39.3 Å². The number of ketones is 2. The van der Waals surface area contributed by atoms with Gasteiger partial charge >= 0.3 is 0 Å². The number of carbonyl (C=O) groups is 4. The largest absolute Gasteiger partial charge is 0.491 e. The van der Waals surface area contributed by atoms with Crippen molar-refractivity contribution >= 4 is 40.4 Å². The summed E-state index contributed by atoms with van der Waals surface area (Å²) in [6.07, 6.45) is 5.18. The van der Waals surface area contributed by atoms with Crippen LogP contribution >= 0.6 is 0 Å². The number of H-pyrrole nitrogens is 1. The first-order valence-corrected chi connectivity index (χ1v) is 25.7. The molecule has 4 aromatic rings. The number of benzene rings is 3. The summed E-state index contributed by atoms with van der Waals surface area (Å²) in [5.74, 6) is -1.90. The van der Waals surface area contributed by atoms with Crippen LogP contribution in [0.4, 0.5) is 0 Å². The molecule has 13 nitrogen and oxygen atoms in total. The Morgan fingerprint density at radius 3 is 2.16 bits per heavy atom. The van der Waals surface area contributed by atoms with Gasteiger partial charge in [-0.05, 0) is 128 Å². The minimum atomic E-state index is -0.900. The van der Waals surface area contributed by atoms with Gasteiger partial charge < -0.3 is 34.9 Å². The molecule has 1 aliphatic heterocycles. The Bertz CT molecular complexity index is 2840. The second-order valence-corrected chi connectivity index (χ2v) is 21.4. The van der Waals surface area contributed by atoms with E-state index in [0.29, 0.717) is 25.4 Å². The lowest BCUT2D eigenvalue weighted by Gasteiger charge is -2.33. The minimum Gasteiger partial charge on any atom is -0.491 e. The number of nitrogens with one attached hydrogen (secondary N) is 3. The van der Waals surface area contributed by atoms with E-state index in [4.69, 9.17) is 19.3 Å². The van der Waals surface area contributed by atoms with Crippen molar-refractivity contribution in [3.63, 3.8) is 0 Å². The van der Waals surface area contributed by atoms with Gasteiger partial charge in [-0.2, -0.15) is 10.2 Å². The number of hydrogen-bond donors (Lipinski definition) is 4. The summed E-state index contributed by atoms with van der Waals surface area (Å²) >= 11 is 0. The molecule has 5 unspecified atom stereocenters. The van der Waals surface area contributed by atoms with E-state index in [1.165, 1.54) is 33.4 Å². The first-order chi connectivity index (χ1) is 34.9. The highest BCUT2D eigenvalue weighted by molar-refractivity contribution is 6.16. The van der Waals surface area contributed by atoms with Crippen molar-refractivity contribution < 1.29 is 38.5 Å². The number of amides is 2. The first kappa shape index (κ1) is 52.8. The molecule has 4 aliphatic rings.